The third-order valence-electron chi connectivity index (χ3n) is 3.26. The minimum absolute atomic E-state index is 0.0137. The Morgan fingerprint density at radius 2 is 1.92 bits per heavy atom. The minimum atomic E-state index is -2.88. The van der Waals surface area contributed by atoms with Crippen molar-refractivity contribution in [3.8, 4) is 5.75 Å². The summed E-state index contributed by atoms with van der Waals surface area (Å²) in [5.41, 5.74) is 0.748. The number of nitrogens with one attached hydrogen (secondary N) is 1. The highest BCUT2D eigenvalue weighted by Crippen LogP contribution is 2.22. The lowest BCUT2D eigenvalue weighted by Gasteiger charge is -2.08. The predicted octanol–water partition coefficient (Wildman–Crippen LogP) is 3.82. The van der Waals surface area contributed by atoms with Gasteiger partial charge in [-0.15, -0.1) is 0 Å². The van der Waals surface area contributed by atoms with Gasteiger partial charge in [-0.3, -0.25) is 14.9 Å². The molecule has 0 spiro atoms. The number of nitrogens with zero attached hydrogens (tertiary/aromatic N) is 1. The summed E-state index contributed by atoms with van der Waals surface area (Å²) in [6.07, 6.45) is 0.464. The van der Waals surface area contributed by atoms with Crippen molar-refractivity contribution in [1.82, 2.24) is 5.32 Å². The van der Waals surface area contributed by atoms with E-state index in [1.807, 2.05) is 0 Å². The highest BCUT2D eigenvalue weighted by molar-refractivity contribution is 6.34. The molecule has 0 heterocycles. The van der Waals surface area contributed by atoms with Crippen LogP contribution >= 0.6 is 11.6 Å². The van der Waals surface area contributed by atoms with Crippen LogP contribution < -0.4 is 10.1 Å². The van der Waals surface area contributed by atoms with Crippen molar-refractivity contribution in [2.24, 2.45) is 0 Å². The quantitative estimate of drug-likeness (QED) is 0.593. The van der Waals surface area contributed by atoms with Crippen LogP contribution in [0.25, 0.3) is 0 Å². The molecular weight excluding hydrogens is 358 g/mol. The van der Waals surface area contributed by atoms with E-state index in [1.54, 1.807) is 12.1 Å². The molecule has 1 N–H and O–H groups in total. The molecule has 0 bridgehead atoms. The second-order valence-corrected chi connectivity index (χ2v) is 5.36. The number of amides is 1. The molecule has 0 radical (unpaired) electrons. The first-order valence-corrected chi connectivity index (χ1v) is 7.50. The van der Waals surface area contributed by atoms with Gasteiger partial charge in [-0.05, 0) is 30.2 Å². The standard InChI is InChI=1S/C16H13ClF2N2O4/c17-14-9-11(21(23)24)3-6-13(14)15(22)20-8-7-10-1-4-12(5-2-10)25-16(18)19/h1-6,9,16H,7-8H2,(H,20,22). The molecule has 0 unspecified atom stereocenters. The maximum Gasteiger partial charge on any atom is 0.387 e. The summed E-state index contributed by atoms with van der Waals surface area (Å²) < 4.78 is 28.4. The van der Waals surface area contributed by atoms with E-state index in [0.29, 0.717) is 6.42 Å². The van der Waals surface area contributed by atoms with Gasteiger partial charge in [-0.2, -0.15) is 8.78 Å². The molecule has 0 fully saturated rings. The molecule has 2 aromatic carbocycles. The first kappa shape index (κ1) is 18.6. The number of alkyl halides is 2. The van der Waals surface area contributed by atoms with Gasteiger partial charge in [0.25, 0.3) is 11.6 Å². The average molecular weight is 371 g/mol. The third-order valence-corrected chi connectivity index (χ3v) is 3.57. The Labute approximate surface area is 146 Å². The van der Waals surface area contributed by atoms with Crippen molar-refractivity contribution in [3.05, 3.63) is 68.7 Å². The van der Waals surface area contributed by atoms with E-state index in [-0.39, 0.29) is 28.6 Å². The summed E-state index contributed by atoms with van der Waals surface area (Å²) >= 11 is 5.88. The van der Waals surface area contributed by atoms with Gasteiger partial charge >= 0.3 is 6.61 Å². The monoisotopic (exact) mass is 370 g/mol. The Balaban J connectivity index is 1.89. The summed E-state index contributed by atoms with van der Waals surface area (Å²) in [5, 5.41) is 13.3. The fourth-order valence-electron chi connectivity index (χ4n) is 2.05. The summed E-state index contributed by atoms with van der Waals surface area (Å²) in [4.78, 5) is 22.1. The molecular formula is C16H13ClF2N2O4. The largest absolute Gasteiger partial charge is 0.435 e. The van der Waals surface area contributed by atoms with Crippen LogP contribution in [-0.4, -0.2) is 24.0 Å². The van der Waals surface area contributed by atoms with Crippen LogP contribution in [0.1, 0.15) is 15.9 Å². The molecule has 0 aromatic heterocycles. The summed E-state index contributed by atoms with van der Waals surface area (Å²) in [6, 6.07) is 9.64. The van der Waals surface area contributed by atoms with Crippen molar-refractivity contribution in [3.63, 3.8) is 0 Å². The van der Waals surface area contributed by atoms with E-state index in [4.69, 9.17) is 11.6 Å². The highest BCUT2D eigenvalue weighted by Gasteiger charge is 2.14. The van der Waals surface area contributed by atoms with Gasteiger partial charge in [-0.1, -0.05) is 23.7 Å². The van der Waals surface area contributed by atoms with Crippen LogP contribution in [0.15, 0.2) is 42.5 Å². The summed E-state index contributed by atoms with van der Waals surface area (Å²) in [5.74, 6) is -0.405. The normalized spacial score (nSPS) is 10.6. The van der Waals surface area contributed by atoms with Crippen LogP contribution in [0.3, 0.4) is 0 Å². The zero-order valence-electron chi connectivity index (χ0n) is 12.7. The SMILES string of the molecule is O=C(NCCc1ccc(OC(F)F)cc1)c1ccc([N+](=O)[O-])cc1Cl. The number of nitro groups is 1. The molecule has 0 atom stereocenters. The van der Waals surface area contributed by atoms with Gasteiger partial charge in [0.1, 0.15) is 5.75 Å². The Kier molecular flexibility index (Phi) is 6.24. The van der Waals surface area contributed by atoms with Crippen molar-refractivity contribution in [2.45, 2.75) is 13.0 Å². The van der Waals surface area contributed by atoms with Crippen molar-refractivity contribution >= 4 is 23.2 Å². The topological polar surface area (TPSA) is 81.5 Å². The minimum Gasteiger partial charge on any atom is -0.435 e. The molecule has 132 valence electrons. The van der Waals surface area contributed by atoms with Crippen molar-refractivity contribution < 1.29 is 23.2 Å². The smallest absolute Gasteiger partial charge is 0.387 e. The number of rotatable bonds is 7. The van der Waals surface area contributed by atoms with Gasteiger partial charge in [0.2, 0.25) is 0 Å². The number of hydrogen-bond acceptors (Lipinski definition) is 4. The van der Waals surface area contributed by atoms with Crippen LogP contribution in [0.5, 0.6) is 5.75 Å². The molecule has 2 aromatic rings. The fourth-order valence-corrected chi connectivity index (χ4v) is 2.32. The molecule has 0 saturated heterocycles. The van der Waals surface area contributed by atoms with Crippen molar-refractivity contribution in [1.29, 1.82) is 0 Å². The van der Waals surface area contributed by atoms with Gasteiger partial charge < -0.3 is 10.1 Å². The molecule has 0 aliphatic carbocycles. The summed E-state index contributed by atoms with van der Waals surface area (Å²) in [6.45, 7) is -2.60. The Morgan fingerprint density at radius 3 is 2.48 bits per heavy atom. The molecule has 0 saturated carbocycles. The van der Waals surface area contributed by atoms with E-state index >= 15 is 0 Å². The Hall–Kier alpha value is -2.74. The molecule has 25 heavy (non-hydrogen) atoms. The number of carbonyl (C=O) groups excluding carboxylic acids is 1. The molecule has 0 aliphatic heterocycles. The second-order valence-electron chi connectivity index (χ2n) is 4.95. The lowest BCUT2D eigenvalue weighted by molar-refractivity contribution is -0.384. The third kappa shape index (κ3) is 5.39. The van der Waals surface area contributed by atoms with E-state index in [1.165, 1.54) is 24.3 Å². The van der Waals surface area contributed by atoms with Gasteiger partial charge in [-0.25, -0.2) is 0 Å². The number of hydrogen-bond donors (Lipinski definition) is 1. The number of ether oxygens (including phenoxy) is 1. The van der Waals surface area contributed by atoms with Gasteiger partial charge in [0.15, 0.2) is 0 Å². The first-order valence-electron chi connectivity index (χ1n) is 7.12. The van der Waals surface area contributed by atoms with Crippen LogP contribution in [-0.2, 0) is 6.42 Å². The van der Waals surface area contributed by atoms with Crippen molar-refractivity contribution in [2.75, 3.05) is 6.54 Å². The zero-order chi connectivity index (χ0) is 18.4. The lowest BCUT2D eigenvalue weighted by Crippen LogP contribution is -2.26. The summed E-state index contributed by atoms with van der Waals surface area (Å²) in [7, 11) is 0. The van der Waals surface area contributed by atoms with Gasteiger partial charge in [0.05, 0.1) is 15.5 Å². The fraction of sp³-hybridized carbons (Fsp3) is 0.188. The van der Waals surface area contributed by atoms with E-state index < -0.39 is 17.4 Å². The first-order chi connectivity index (χ1) is 11.9. The number of nitro benzene ring substituents is 1. The number of benzene rings is 2. The van der Waals surface area contributed by atoms with Crippen LogP contribution in [0, 0.1) is 10.1 Å². The van der Waals surface area contributed by atoms with E-state index in [0.717, 1.165) is 11.6 Å². The van der Waals surface area contributed by atoms with Gasteiger partial charge in [0, 0.05) is 18.7 Å². The molecule has 0 aliphatic rings. The number of halogens is 3. The van der Waals surface area contributed by atoms with E-state index in [9.17, 15) is 23.7 Å². The number of non-ortho nitro benzene ring substituents is 1. The Bertz CT molecular complexity index is 769. The van der Waals surface area contributed by atoms with Crippen LogP contribution in [0.4, 0.5) is 14.5 Å². The Morgan fingerprint density at radius 1 is 1.24 bits per heavy atom. The number of carbonyl (C=O) groups is 1. The second kappa shape index (κ2) is 8.39. The maximum absolute atomic E-state index is 12.1. The molecule has 9 heteroatoms. The molecule has 2 rings (SSSR count). The maximum atomic E-state index is 12.1. The average Bonchev–Trinajstić information content (AvgIpc) is 2.55. The van der Waals surface area contributed by atoms with Crippen LogP contribution in [0.2, 0.25) is 5.02 Å². The molecule has 6 nitrogen and oxygen atoms in total. The lowest BCUT2D eigenvalue weighted by atomic mass is 10.1. The molecule has 1 amide bonds. The predicted molar refractivity (Wildman–Crippen MR) is 87.2 cm³/mol. The van der Waals surface area contributed by atoms with E-state index in [2.05, 4.69) is 10.1 Å². The zero-order valence-corrected chi connectivity index (χ0v) is 13.5. The highest BCUT2D eigenvalue weighted by atomic mass is 35.5.